The zero-order valence-corrected chi connectivity index (χ0v) is 14.7. The van der Waals surface area contributed by atoms with Gasteiger partial charge in [0.2, 0.25) is 0 Å². The van der Waals surface area contributed by atoms with Gasteiger partial charge in [-0.15, -0.1) is 0 Å². The van der Waals surface area contributed by atoms with Crippen LogP contribution in [0.5, 0.6) is 0 Å². The molecule has 1 atom stereocenters. The second kappa shape index (κ2) is 6.84. The Morgan fingerprint density at radius 2 is 1.81 bits per heavy atom. The minimum absolute atomic E-state index is 0.270. The fraction of sp³-hybridized carbons (Fsp3) is 0.150. The van der Waals surface area contributed by atoms with Crippen LogP contribution in [0.25, 0.3) is 0 Å². The summed E-state index contributed by atoms with van der Waals surface area (Å²) >= 11 is 5.89. The van der Waals surface area contributed by atoms with Crippen LogP contribution in [0.3, 0.4) is 0 Å². The largest absolute Gasteiger partial charge is 0.348 e. The lowest BCUT2D eigenvalue weighted by atomic mass is 9.99. The number of carbonyl (C=O) groups excluding carboxylic acids is 1. The summed E-state index contributed by atoms with van der Waals surface area (Å²) < 4.78 is 16.6. The Hall–Kier alpha value is -2.79. The van der Waals surface area contributed by atoms with E-state index in [0.29, 0.717) is 29.4 Å². The topological polar surface area (TPSA) is 37.3 Å². The van der Waals surface area contributed by atoms with Crippen molar-refractivity contribution in [1.29, 1.82) is 0 Å². The molecule has 132 valence electrons. The van der Waals surface area contributed by atoms with Gasteiger partial charge in [0, 0.05) is 41.3 Å². The van der Waals surface area contributed by atoms with Gasteiger partial charge in [0.05, 0.1) is 0 Å². The molecule has 26 heavy (non-hydrogen) atoms. The molecule has 2 heterocycles. The molecule has 0 saturated heterocycles. The van der Waals surface area contributed by atoms with Gasteiger partial charge in [-0.2, -0.15) is 0 Å². The van der Waals surface area contributed by atoms with Crippen LogP contribution in [0.1, 0.15) is 17.3 Å². The molecule has 0 aliphatic carbocycles. The molecule has 1 unspecified atom stereocenters. The Morgan fingerprint density at radius 1 is 1.04 bits per heavy atom. The molecule has 0 saturated carbocycles. The van der Waals surface area contributed by atoms with Crippen molar-refractivity contribution in [1.82, 2.24) is 9.47 Å². The van der Waals surface area contributed by atoms with Crippen molar-refractivity contribution in [2.24, 2.45) is 0 Å². The normalized spacial score (nSPS) is 16.2. The molecule has 4 nitrogen and oxygen atoms in total. The van der Waals surface area contributed by atoms with Crippen molar-refractivity contribution in [3.8, 4) is 0 Å². The van der Waals surface area contributed by atoms with Gasteiger partial charge in [-0.3, -0.25) is 0 Å². The number of rotatable bonds is 2. The smallest absolute Gasteiger partial charge is 0.322 e. The number of hydrogen-bond acceptors (Lipinski definition) is 1. The highest BCUT2D eigenvalue weighted by Crippen LogP contribution is 2.34. The maximum Gasteiger partial charge on any atom is 0.322 e. The molecule has 3 aromatic rings. The van der Waals surface area contributed by atoms with Crippen molar-refractivity contribution < 1.29 is 9.18 Å². The fourth-order valence-electron chi connectivity index (χ4n) is 3.35. The number of amides is 2. The first-order chi connectivity index (χ1) is 12.6. The zero-order valence-electron chi connectivity index (χ0n) is 13.9. The number of hydrogen-bond donors (Lipinski definition) is 1. The van der Waals surface area contributed by atoms with E-state index in [1.807, 2.05) is 18.3 Å². The Kier molecular flexibility index (Phi) is 4.39. The van der Waals surface area contributed by atoms with Crippen molar-refractivity contribution in [2.75, 3.05) is 11.9 Å². The molecule has 0 fully saturated rings. The SMILES string of the molecule is O=C(Nc1ccc(Cl)cc1)N1CCn2cccc2C1c1ccccc1F. The van der Waals surface area contributed by atoms with Gasteiger partial charge in [-0.1, -0.05) is 29.8 Å². The highest BCUT2D eigenvalue weighted by molar-refractivity contribution is 6.30. The van der Waals surface area contributed by atoms with E-state index in [4.69, 9.17) is 11.6 Å². The van der Waals surface area contributed by atoms with Crippen LogP contribution >= 0.6 is 11.6 Å². The minimum atomic E-state index is -0.479. The average Bonchev–Trinajstić information content (AvgIpc) is 3.12. The summed E-state index contributed by atoms with van der Waals surface area (Å²) in [7, 11) is 0. The number of nitrogens with one attached hydrogen (secondary N) is 1. The number of fused-ring (bicyclic) bond motifs is 1. The Labute approximate surface area is 155 Å². The number of nitrogens with zero attached hydrogens (tertiary/aromatic N) is 2. The van der Waals surface area contributed by atoms with E-state index >= 15 is 0 Å². The van der Waals surface area contributed by atoms with E-state index in [1.165, 1.54) is 6.07 Å². The third kappa shape index (κ3) is 3.06. The quantitative estimate of drug-likeness (QED) is 0.684. The van der Waals surface area contributed by atoms with E-state index in [1.54, 1.807) is 47.4 Å². The molecule has 0 spiro atoms. The number of anilines is 1. The van der Waals surface area contributed by atoms with E-state index in [0.717, 1.165) is 5.69 Å². The van der Waals surface area contributed by atoms with Gasteiger partial charge >= 0.3 is 6.03 Å². The van der Waals surface area contributed by atoms with Crippen LogP contribution in [0.2, 0.25) is 5.02 Å². The number of aromatic nitrogens is 1. The maximum atomic E-state index is 14.5. The van der Waals surface area contributed by atoms with Crippen molar-refractivity contribution in [3.05, 3.63) is 89.0 Å². The summed E-state index contributed by atoms with van der Waals surface area (Å²) in [6.07, 6.45) is 1.96. The molecule has 2 amide bonds. The van der Waals surface area contributed by atoms with Crippen LogP contribution in [0, 0.1) is 5.82 Å². The fourth-order valence-corrected chi connectivity index (χ4v) is 3.48. The lowest BCUT2D eigenvalue weighted by molar-refractivity contribution is 0.180. The predicted molar refractivity (Wildman–Crippen MR) is 99.9 cm³/mol. The average molecular weight is 370 g/mol. The predicted octanol–water partition coefficient (Wildman–Crippen LogP) is 4.92. The number of urea groups is 1. The Bertz CT molecular complexity index is 938. The van der Waals surface area contributed by atoms with Crippen molar-refractivity contribution in [3.63, 3.8) is 0 Å². The van der Waals surface area contributed by atoms with E-state index < -0.39 is 6.04 Å². The first kappa shape index (κ1) is 16.7. The van der Waals surface area contributed by atoms with Gasteiger partial charge in [0.1, 0.15) is 11.9 Å². The zero-order chi connectivity index (χ0) is 18.1. The van der Waals surface area contributed by atoms with E-state index in [9.17, 15) is 9.18 Å². The first-order valence-electron chi connectivity index (χ1n) is 8.36. The summed E-state index contributed by atoms with van der Waals surface area (Å²) in [6, 6.07) is 16.6. The third-order valence-electron chi connectivity index (χ3n) is 4.59. The van der Waals surface area contributed by atoms with Crippen LogP contribution in [0.15, 0.2) is 66.9 Å². The van der Waals surface area contributed by atoms with Crippen LogP contribution in [-0.2, 0) is 6.54 Å². The van der Waals surface area contributed by atoms with Crippen molar-refractivity contribution >= 4 is 23.3 Å². The van der Waals surface area contributed by atoms with Gasteiger partial charge < -0.3 is 14.8 Å². The molecule has 1 aliphatic rings. The Morgan fingerprint density at radius 3 is 2.58 bits per heavy atom. The summed E-state index contributed by atoms with van der Waals surface area (Å²) in [4.78, 5) is 14.6. The molecular weight excluding hydrogens is 353 g/mol. The highest BCUT2D eigenvalue weighted by Gasteiger charge is 2.33. The number of halogens is 2. The summed E-state index contributed by atoms with van der Waals surface area (Å²) in [5.41, 5.74) is 2.03. The van der Waals surface area contributed by atoms with Gasteiger partial charge in [-0.25, -0.2) is 9.18 Å². The number of carbonyl (C=O) groups is 1. The summed E-state index contributed by atoms with van der Waals surface area (Å²) in [6.45, 7) is 1.15. The summed E-state index contributed by atoms with van der Waals surface area (Å²) in [5.74, 6) is -0.323. The highest BCUT2D eigenvalue weighted by atomic mass is 35.5. The first-order valence-corrected chi connectivity index (χ1v) is 8.74. The third-order valence-corrected chi connectivity index (χ3v) is 4.85. The van der Waals surface area contributed by atoms with Crippen LogP contribution in [0.4, 0.5) is 14.9 Å². The Balaban J connectivity index is 1.69. The second-order valence-electron chi connectivity index (χ2n) is 6.18. The summed E-state index contributed by atoms with van der Waals surface area (Å²) in [5, 5.41) is 3.48. The molecule has 0 radical (unpaired) electrons. The van der Waals surface area contributed by atoms with Crippen LogP contribution in [-0.4, -0.2) is 22.0 Å². The maximum absolute atomic E-state index is 14.5. The monoisotopic (exact) mass is 369 g/mol. The van der Waals surface area contributed by atoms with Crippen LogP contribution < -0.4 is 5.32 Å². The van der Waals surface area contributed by atoms with Gasteiger partial charge in [0.15, 0.2) is 0 Å². The lowest BCUT2D eigenvalue weighted by Gasteiger charge is -2.37. The molecule has 2 aromatic carbocycles. The van der Waals surface area contributed by atoms with Crippen molar-refractivity contribution in [2.45, 2.75) is 12.6 Å². The lowest BCUT2D eigenvalue weighted by Crippen LogP contribution is -2.44. The van der Waals surface area contributed by atoms with Gasteiger partial charge in [-0.05, 0) is 42.5 Å². The molecule has 1 N–H and O–H groups in total. The standard InChI is InChI=1S/C20H17ClFN3O/c21-14-7-9-15(10-8-14)23-20(26)25-13-12-24-11-3-6-18(24)19(25)16-4-1-2-5-17(16)22/h1-11,19H,12-13H2,(H,23,26). The minimum Gasteiger partial charge on any atom is -0.348 e. The molecule has 1 aromatic heterocycles. The molecule has 1 aliphatic heterocycles. The molecular formula is C20H17ClFN3O. The van der Waals surface area contributed by atoms with E-state index in [2.05, 4.69) is 9.88 Å². The molecule has 6 heteroatoms. The number of benzene rings is 2. The van der Waals surface area contributed by atoms with E-state index in [-0.39, 0.29) is 11.8 Å². The molecule has 0 bridgehead atoms. The second-order valence-corrected chi connectivity index (χ2v) is 6.62. The molecule has 4 rings (SSSR count). The van der Waals surface area contributed by atoms with Gasteiger partial charge in [0.25, 0.3) is 0 Å².